The van der Waals surface area contributed by atoms with Gasteiger partial charge in [0, 0.05) is 6.20 Å². The molecular formula is C12H14N2O3S. The Kier molecular flexibility index (Phi) is 2.55. The van der Waals surface area contributed by atoms with Crippen molar-refractivity contribution >= 4 is 15.4 Å². The highest BCUT2D eigenvalue weighted by Gasteiger charge is 2.33. The normalized spacial score (nSPS) is 23.2. The summed E-state index contributed by atoms with van der Waals surface area (Å²) < 4.78 is 25.9. The molecule has 6 heteroatoms. The third kappa shape index (κ3) is 1.68. The van der Waals surface area contributed by atoms with Crippen molar-refractivity contribution in [1.82, 2.24) is 9.38 Å². The molecule has 1 unspecified atom stereocenters. The van der Waals surface area contributed by atoms with Gasteiger partial charge in [0.25, 0.3) is 0 Å². The van der Waals surface area contributed by atoms with Crippen molar-refractivity contribution in [2.75, 3.05) is 5.75 Å². The molecule has 96 valence electrons. The molecule has 0 bridgehead atoms. The zero-order valence-electron chi connectivity index (χ0n) is 9.78. The van der Waals surface area contributed by atoms with Crippen molar-refractivity contribution in [2.24, 2.45) is 0 Å². The molecule has 0 radical (unpaired) electrons. The Morgan fingerprint density at radius 2 is 2.22 bits per heavy atom. The quantitative estimate of drug-likeness (QED) is 0.852. The van der Waals surface area contributed by atoms with E-state index in [2.05, 4.69) is 4.98 Å². The maximum absolute atomic E-state index is 12.1. The number of nitrogens with zero attached hydrogens (tertiary/aromatic N) is 2. The van der Waals surface area contributed by atoms with Gasteiger partial charge in [0.05, 0.1) is 11.9 Å². The van der Waals surface area contributed by atoms with Crippen LogP contribution in [0.15, 0.2) is 24.5 Å². The van der Waals surface area contributed by atoms with Crippen LogP contribution in [0.5, 0.6) is 5.75 Å². The minimum Gasteiger partial charge on any atom is -0.506 e. The van der Waals surface area contributed by atoms with Crippen LogP contribution < -0.4 is 0 Å². The number of hydrogen-bond acceptors (Lipinski definition) is 4. The summed E-state index contributed by atoms with van der Waals surface area (Å²) in [7, 11) is -3.12. The van der Waals surface area contributed by atoms with Gasteiger partial charge in [-0.2, -0.15) is 0 Å². The van der Waals surface area contributed by atoms with E-state index < -0.39 is 15.1 Å². The van der Waals surface area contributed by atoms with Crippen LogP contribution in [0.25, 0.3) is 5.52 Å². The largest absolute Gasteiger partial charge is 0.506 e. The molecule has 2 aromatic rings. The van der Waals surface area contributed by atoms with Gasteiger partial charge in [0.15, 0.2) is 9.84 Å². The Morgan fingerprint density at radius 3 is 3.00 bits per heavy atom. The van der Waals surface area contributed by atoms with Gasteiger partial charge in [0.2, 0.25) is 0 Å². The van der Waals surface area contributed by atoms with E-state index in [1.54, 1.807) is 22.7 Å². The summed E-state index contributed by atoms with van der Waals surface area (Å²) in [5.74, 6) is 0.857. The van der Waals surface area contributed by atoms with Crippen LogP contribution in [0, 0.1) is 0 Å². The topological polar surface area (TPSA) is 71.7 Å². The minimum atomic E-state index is -3.12. The molecule has 18 heavy (non-hydrogen) atoms. The van der Waals surface area contributed by atoms with Crippen LogP contribution in [0.2, 0.25) is 0 Å². The van der Waals surface area contributed by atoms with Gasteiger partial charge >= 0.3 is 0 Å². The smallest absolute Gasteiger partial charge is 0.160 e. The van der Waals surface area contributed by atoms with Crippen molar-refractivity contribution in [2.45, 2.75) is 24.5 Å². The Bertz CT molecular complexity index is 690. The van der Waals surface area contributed by atoms with E-state index in [0.717, 1.165) is 12.8 Å². The van der Waals surface area contributed by atoms with Crippen LogP contribution in [-0.2, 0) is 9.84 Å². The number of pyridine rings is 1. The number of sulfone groups is 1. The monoisotopic (exact) mass is 266 g/mol. The number of aromatic nitrogens is 2. The second kappa shape index (κ2) is 3.98. The highest BCUT2D eigenvalue weighted by molar-refractivity contribution is 7.91. The molecule has 0 aromatic carbocycles. The second-order valence-electron chi connectivity index (χ2n) is 4.62. The summed E-state index contributed by atoms with van der Waals surface area (Å²) in [6, 6.07) is 3.25. The van der Waals surface area contributed by atoms with Gasteiger partial charge in [-0.15, -0.1) is 0 Å². The molecule has 1 N–H and O–H groups in total. The predicted molar refractivity (Wildman–Crippen MR) is 67.2 cm³/mol. The van der Waals surface area contributed by atoms with Crippen molar-refractivity contribution in [3.63, 3.8) is 0 Å². The van der Waals surface area contributed by atoms with Gasteiger partial charge in [-0.25, -0.2) is 13.4 Å². The molecule has 0 aliphatic carbocycles. The van der Waals surface area contributed by atoms with Crippen LogP contribution in [0.1, 0.15) is 30.3 Å². The van der Waals surface area contributed by atoms with E-state index in [9.17, 15) is 13.5 Å². The third-order valence-electron chi connectivity index (χ3n) is 3.44. The van der Waals surface area contributed by atoms with Crippen molar-refractivity contribution in [3.05, 3.63) is 30.4 Å². The highest BCUT2D eigenvalue weighted by atomic mass is 32.2. The van der Waals surface area contributed by atoms with Crippen LogP contribution in [0.4, 0.5) is 0 Å². The molecular weight excluding hydrogens is 252 g/mol. The zero-order chi connectivity index (χ0) is 12.8. The average molecular weight is 266 g/mol. The van der Waals surface area contributed by atoms with E-state index in [0.29, 0.717) is 17.8 Å². The molecule has 1 aliphatic heterocycles. The maximum atomic E-state index is 12.1. The molecule has 1 atom stereocenters. The van der Waals surface area contributed by atoms with E-state index >= 15 is 0 Å². The fraction of sp³-hybridized carbons (Fsp3) is 0.417. The number of fused-ring (bicyclic) bond motifs is 1. The number of aromatic hydroxyl groups is 1. The summed E-state index contributed by atoms with van der Waals surface area (Å²) in [6.45, 7) is 0. The number of hydrogen-bond donors (Lipinski definition) is 1. The lowest BCUT2D eigenvalue weighted by atomic mass is 10.2. The second-order valence-corrected chi connectivity index (χ2v) is 6.92. The molecule has 0 amide bonds. The molecule has 1 aliphatic rings. The molecule has 2 aromatic heterocycles. The first kappa shape index (κ1) is 11.5. The molecule has 1 fully saturated rings. The minimum absolute atomic E-state index is 0.115. The first-order chi connectivity index (χ1) is 8.59. The first-order valence-electron chi connectivity index (χ1n) is 5.96. The number of rotatable bonds is 1. The summed E-state index contributed by atoms with van der Waals surface area (Å²) in [6.07, 6.45) is 5.50. The van der Waals surface area contributed by atoms with Crippen LogP contribution >= 0.6 is 0 Å². The van der Waals surface area contributed by atoms with Crippen molar-refractivity contribution in [3.8, 4) is 5.75 Å². The molecule has 3 rings (SSSR count). The van der Waals surface area contributed by atoms with E-state index in [-0.39, 0.29) is 11.5 Å². The lowest BCUT2D eigenvalue weighted by molar-refractivity contribution is 0.478. The van der Waals surface area contributed by atoms with Crippen LogP contribution in [-0.4, -0.2) is 28.7 Å². The Morgan fingerprint density at radius 1 is 1.39 bits per heavy atom. The van der Waals surface area contributed by atoms with Gasteiger partial charge < -0.3 is 5.11 Å². The first-order valence-corrected chi connectivity index (χ1v) is 7.67. The standard InChI is InChI=1S/C12H14N2O3S/c15-10-4-3-6-14-9(10)8-13-12(14)11-5-1-2-7-18(11,16)17/h3-4,6,8,11,15H,1-2,5,7H2. The summed E-state index contributed by atoms with van der Waals surface area (Å²) >= 11 is 0. The Balaban J connectivity index is 2.17. The van der Waals surface area contributed by atoms with Gasteiger partial charge in [-0.1, -0.05) is 6.42 Å². The fourth-order valence-corrected chi connectivity index (χ4v) is 4.42. The number of imidazole rings is 1. The fourth-order valence-electron chi connectivity index (χ4n) is 2.51. The molecule has 0 saturated carbocycles. The highest BCUT2D eigenvalue weighted by Crippen LogP contribution is 2.33. The van der Waals surface area contributed by atoms with E-state index in [1.165, 1.54) is 6.20 Å². The summed E-state index contributed by atoms with van der Waals surface area (Å²) in [4.78, 5) is 4.20. The van der Waals surface area contributed by atoms with E-state index in [1.807, 2.05) is 0 Å². The Labute approximate surface area is 105 Å². The molecule has 5 nitrogen and oxygen atoms in total. The summed E-state index contributed by atoms with van der Waals surface area (Å²) in [5.41, 5.74) is 0.549. The average Bonchev–Trinajstić information content (AvgIpc) is 2.74. The maximum Gasteiger partial charge on any atom is 0.160 e. The van der Waals surface area contributed by atoms with E-state index in [4.69, 9.17) is 0 Å². The van der Waals surface area contributed by atoms with Crippen molar-refractivity contribution < 1.29 is 13.5 Å². The molecule has 1 saturated heterocycles. The van der Waals surface area contributed by atoms with Crippen LogP contribution in [0.3, 0.4) is 0 Å². The third-order valence-corrected chi connectivity index (χ3v) is 5.61. The van der Waals surface area contributed by atoms with Gasteiger partial charge in [0.1, 0.15) is 22.3 Å². The lowest BCUT2D eigenvalue weighted by Crippen LogP contribution is -2.23. The molecule has 0 spiro atoms. The SMILES string of the molecule is O=S1(=O)CCCCC1c1ncc2c(O)cccn12. The summed E-state index contributed by atoms with van der Waals surface area (Å²) in [5, 5.41) is 9.16. The van der Waals surface area contributed by atoms with Gasteiger partial charge in [-0.05, 0) is 25.0 Å². The van der Waals surface area contributed by atoms with Crippen molar-refractivity contribution in [1.29, 1.82) is 0 Å². The predicted octanol–water partition coefficient (Wildman–Crippen LogP) is 1.68. The Hall–Kier alpha value is -1.56. The zero-order valence-corrected chi connectivity index (χ0v) is 10.6. The molecule has 3 heterocycles. The lowest BCUT2D eigenvalue weighted by Gasteiger charge is -2.21. The van der Waals surface area contributed by atoms with Gasteiger partial charge in [-0.3, -0.25) is 4.40 Å².